The highest BCUT2D eigenvalue weighted by atomic mass is 16.5. The lowest BCUT2D eigenvalue weighted by atomic mass is 10.1. The van der Waals surface area contributed by atoms with Crippen LogP contribution < -0.4 is 5.73 Å². The van der Waals surface area contributed by atoms with Crippen molar-refractivity contribution in [2.24, 2.45) is 10.9 Å². The number of hydrogen-bond donors (Lipinski definition) is 2. The molecule has 3 N–H and O–H groups in total. The summed E-state index contributed by atoms with van der Waals surface area (Å²) in [4.78, 5) is 2.32. The standard InChI is InChI=1S/C10H21N3O2/c1-7(4-10(11)12-14)13-5-8(2)15-9(3)6-13/h7-9,14H,4-6H2,1-3H3,(H2,11,12). The van der Waals surface area contributed by atoms with E-state index in [1.807, 2.05) is 0 Å². The number of ether oxygens (including phenoxy) is 1. The second-order valence-electron chi connectivity index (χ2n) is 4.36. The minimum Gasteiger partial charge on any atom is -0.409 e. The van der Waals surface area contributed by atoms with Crippen LogP contribution in [0.2, 0.25) is 0 Å². The van der Waals surface area contributed by atoms with Crippen LogP contribution in [0.4, 0.5) is 0 Å². The normalized spacial score (nSPS) is 31.5. The van der Waals surface area contributed by atoms with Gasteiger partial charge in [0.2, 0.25) is 0 Å². The van der Waals surface area contributed by atoms with Crippen LogP contribution in [-0.4, -0.2) is 47.3 Å². The molecule has 0 aromatic heterocycles. The van der Waals surface area contributed by atoms with E-state index in [9.17, 15) is 0 Å². The number of nitrogens with two attached hydrogens (primary N) is 1. The molecule has 1 heterocycles. The summed E-state index contributed by atoms with van der Waals surface area (Å²) in [6, 6.07) is 0.287. The maximum atomic E-state index is 8.51. The molecule has 15 heavy (non-hydrogen) atoms. The lowest BCUT2D eigenvalue weighted by Gasteiger charge is -2.38. The number of hydrogen-bond acceptors (Lipinski definition) is 4. The molecular formula is C10H21N3O2. The second kappa shape index (κ2) is 5.32. The van der Waals surface area contributed by atoms with Crippen LogP contribution in [-0.2, 0) is 4.74 Å². The van der Waals surface area contributed by atoms with Crippen LogP contribution in [0.1, 0.15) is 27.2 Å². The molecule has 88 valence electrons. The Morgan fingerprint density at radius 2 is 2.07 bits per heavy atom. The van der Waals surface area contributed by atoms with Gasteiger partial charge in [0.05, 0.1) is 12.2 Å². The van der Waals surface area contributed by atoms with Gasteiger partial charge in [-0.05, 0) is 20.8 Å². The molecule has 0 aromatic rings. The van der Waals surface area contributed by atoms with Gasteiger partial charge in [0.25, 0.3) is 0 Å². The van der Waals surface area contributed by atoms with Crippen molar-refractivity contribution >= 4 is 5.84 Å². The highest BCUT2D eigenvalue weighted by Crippen LogP contribution is 2.15. The van der Waals surface area contributed by atoms with Crippen molar-refractivity contribution in [1.82, 2.24) is 4.90 Å². The summed E-state index contributed by atoms with van der Waals surface area (Å²) < 4.78 is 5.65. The average molecular weight is 215 g/mol. The van der Waals surface area contributed by atoms with Crippen LogP contribution in [0.25, 0.3) is 0 Å². The Labute approximate surface area is 90.9 Å². The molecule has 1 aliphatic rings. The van der Waals surface area contributed by atoms with E-state index in [-0.39, 0.29) is 24.1 Å². The first-order valence-corrected chi connectivity index (χ1v) is 5.38. The van der Waals surface area contributed by atoms with Gasteiger partial charge in [-0.2, -0.15) is 0 Å². The number of morpholine rings is 1. The molecule has 5 heteroatoms. The number of nitrogens with zero attached hydrogens (tertiary/aromatic N) is 2. The van der Waals surface area contributed by atoms with Gasteiger partial charge in [-0.1, -0.05) is 5.16 Å². The van der Waals surface area contributed by atoms with E-state index in [2.05, 4.69) is 30.8 Å². The molecule has 0 radical (unpaired) electrons. The Balaban J connectivity index is 2.48. The molecule has 0 saturated carbocycles. The maximum absolute atomic E-state index is 8.51. The molecule has 0 spiro atoms. The fraction of sp³-hybridized carbons (Fsp3) is 0.900. The van der Waals surface area contributed by atoms with Crippen LogP contribution >= 0.6 is 0 Å². The largest absolute Gasteiger partial charge is 0.409 e. The van der Waals surface area contributed by atoms with Gasteiger partial charge < -0.3 is 15.7 Å². The summed E-state index contributed by atoms with van der Waals surface area (Å²) in [6.45, 7) is 8.04. The second-order valence-corrected chi connectivity index (χ2v) is 4.36. The Bertz CT molecular complexity index is 223. The monoisotopic (exact) mass is 215 g/mol. The van der Waals surface area contributed by atoms with Crippen LogP contribution in [0.15, 0.2) is 5.16 Å². The number of amidine groups is 1. The molecule has 3 atom stereocenters. The first-order valence-electron chi connectivity index (χ1n) is 5.38. The van der Waals surface area contributed by atoms with E-state index in [1.54, 1.807) is 0 Å². The summed E-state index contributed by atoms with van der Waals surface area (Å²) in [5.41, 5.74) is 5.49. The third-order valence-electron chi connectivity index (χ3n) is 2.70. The fourth-order valence-corrected chi connectivity index (χ4v) is 2.05. The summed E-state index contributed by atoms with van der Waals surface area (Å²) in [7, 11) is 0. The van der Waals surface area contributed by atoms with Crippen molar-refractivity contribution < 1.29 is 9.94 Å². The van der Waals surface area contributed by atoms with Crippen LogP contribution in [0.3, 0.4) is 0 Å². The summed E-state index contributed by atoms with van der Waals surface area (Å²) in [5.74, 6) is 0.286. The summed E-state index contributed by atoms with van der Waals surface area (Å²) >= 11 is 0. The molecule has 0 aromatic carbocycles. The highest BCUT2D eigenvalue weighted by Gasteiger charge is 2.25. The molecule has 1 rings (SSSR count). The molecule has 1 saturated heterocycles. The predicted octanol–water partition coefficient (Wildman–Crippen LogP) is 0.621. The zero-order valence-electron chi connectivity index (χ0n) is 9.68. The average Bonchev–Trinajstić information content (AvgIpc) is 2.16. The maximum Gasteiger partial charge on any atom is 0.140 e. The van der Waals surface area contributed by atoms with Gasteiger partial charge in [-0.3, -0.25) is 4.90 Å². The van der Waals surface area contributed by atoms with Gasteiger partial charge in [0, 0.05) is 25.6 Å². The van der Waals surface area contributed by atoms with Crippen molar-refractivity contribution in [1.29, 1.82) is 0 Å². The minimum atomic E-state index is 0.253. The van der Waals surface area contributed by atoms with Crippen molar-refractivity contribution in [3.8, 4) is 0 Å². The lowest BCUT2D eigenvalue weighted by molar-refractivity contribution is -0.0776. The van der Waals surface area contributed by atoms with E-state index >= 15 is 0 Å². The Morgan fingerprint density at radius 1 is 1.53 bits per heavy atom. The van der Waals surface area contributed by atoms with Gasteiger partial charge in [-0.15, -0.1) is 0 Å². The van der Waals surface area contributed by atoms with Crippen LogP contribution in [0, 0.1) is 0 Å². The quantitative estimate of drug-likeness (QED) is 0.313. The zero-order valence-corrected chi connectivity index (χ0v) is 9.68. The van der Waals surface area contributed by atoms with Gasteiger partial charge >= 0.3 is 0 Å². The van der Waals surface area contributed by atoms with Crippen molar-refractivity contribution in [3.63, 3.8) is 0 Å². The minimum absolute atomic E-state index is 0.253. The Kier molecular flexibility index (Phi) is 4.35. The van der Waals surface area contributed by atoms with E-state index in [0.29, 0.717) is 6.42 Å². The van der Waals surface area contributed by atoms with E-state index in [0.717, 1.165) is 13.1 Å². The molecule has 0 amide bonds. The Hall–Kier alpha value is -0.810. The molecule has 0 aliphatic carbocycles. The smallest absolute Gasteiger partial charge is 0.140 e. The first-order chi connectivity index (χ1) is 7.02. The van der Waals surface area contributed by atoms with Crippen molar-refractivity contribution in [3.05, 3.63) is 0 Å². The molecular weight excluding hydrogens is 194 g/mol. The Morgan fingerprint density at radius 3 is 2.53 bits per heavy atom. The van der Waals surface area contributed by atoms with Crippen LogP contribution in [0.5, 0.6) is 0 Å². The third kappa shape index (κ3) is 3.68. The SMILES string of the molecule is CC1CN(C(C)CC(N)=NO)CC(C)O1. The highest BCUT2D eigenvalue weighted by molar-refractivity contribution is 5.80. The third-order valence-corrected chi connectivity index (χ3v) is 2.70. The van der Waals surface area contributed by atoms with Gasteiger partial charge in [-0.25, -0.2) is 0 Å². The number of rotatable bonds is 3. The zero-order chi connectivity index (χ0) is 11.4. The van der Waals surface area contributed by atoms with Crippen molar-refractivity contribution in [2.75, 3.05) is 13.1 Å². The van der Waals surface area contributed by atoms with Crippen molar-refractivity contribution in [2.45, 2.75) is 45.4 Å². The van der Waals surface area contributed by atoms with Gasteiger partial charge in [0.1, 0.15) is 5.84 Å². The van der Waals surface area contributed by atoms with E-state index < -0.39 is 0 Å². The molecule has 5 nitrogen and oxygen atoms in total. The molecule has 1 fully saturated rings. The summed E-state index contributed by atoms with van der Waals surface area (Å²) in [5, 5.41) is 11.5. The number of oxime groups is 1. The van der Waals surface area contributed by atoms with E-state index in [1.165, 1.54) is 0 Å². The molecule has 0 bridgehead atoms. The molecule has 3 unspecified atom stereocenters. The lowest BCUT2D eigenvalue weighted by Crippen LogP contribution is -2.50. The first kappa shape index (κ1) is 12.3. The fourth-order valence-electron chi connectivity index (χ4n) is 2.05. The predicted molar refractivity (Wildman–Crippen MR) is 59.1 cm³/mol. The van der Waals surface area contributed by atoms with Gasteiger partial charge in [0.15, 0.2) is 0 Å². The summed E-state index contributed by atoms with van der Waals surface area (Å²) in [6.07, 6.45) is 1.10. The topological polar surface area (TPSA) is 71.1 Å². The van der Waals surface area contributed by atoms with E-state index in [4.69, 9.17) is 15.7 Å². The molecule has 1 aliphatic heterocycles.